The molecule has 0 unspecified atom stereocenters. The molecule has 16 heteroatoms. The minimum atomic E-state index is -2.00. The number of ether oxygens (including phenoxy) is 9. The van der Waals surface area contributed by atoms with Gasteiger partial charge in [0.25, 0.3) is 0 Å². The lowest BCUT2D eigenvalue weighted by Crippen LogP contribution is -2.59. The van der Waals surface area contributed by atoms with Crippen LogP contribution in [0.25, 0.3) is 0 Å². The van der Waals surface area contributed by atoms with Gasteiger partial charge in [-0.15, -0.1) is 0 Å². The van der Waals surface area contributed by atoms with Gasteiger partial charge in [0, 0.05) is 70.3 Å². The number of aliphatic hydroxyl groups excluding tert-OH is 2. The van der Waals surface area contributed by atoms with Crippen LogP contribution in [0.2, 0.25) is 0 Å². The molecule has 3 aliphatic heterocycles. The fraction of sp³-hybridized carbons (Fsp3) is 0.725. The first-order chi connectivity index (χ1) is 31.4. The van der Waals surface area contributed by atoms with Gasteiger partial charge >= 0.3 is 23.9 Å². The highest BCUT2D eigenvalue weighted by molar-refractivity contribution is 5.87. The van der Waals surface area contributed by atoms with Crippen molar-refractivity contribution in [2.75, 3.05) is 14.2 Å². The van der Waals surface area contributed by atoms with E-state index in [1.165, 1.54) is 41.1 Å². The maximum absolute atomic E-state index is 14.1. The highest BCUT2D eigenvalue weighted by atomic mass is 16.7. The van der Waals surface area contributed by atoms with Crippen LogP contribution in [-0.2, 0) is 61.8 Å². The van der Waals surface area contributed by atoms with Crippen LogP contribution in [-0.4, -0.2) is 127 Å². The number of allylic oxidation sites excluding steroid dienone is 6. The summed E-state index contributed by atoms with van der Waals surface area (Å²) in [6.45, 7) is 22.2. The second-order valence-electron chi connectivity index (χ2n) is 18.8. The summed E-state index contributed by atoms with van der Waals surface area (Å²) in [7, 11) is 2.80. The van der Waals surface area contributed by atoms with Crippen LogP contribution in [0.15, 0.2) is 59.4 Å². The van der Waals surface area contributed by atoms with Crippen molar-refractivity contribution in [3.8, 4) is 0 Å². The number of aliphatic hydroxyl groups is 3. The largest absolute Gasteiger partial charge is 0.490 e. The Morgan fingerprint density at radius 1 is 0.970 bits per heavy atom. The van der Waals surface area contributed by atoms with E-state index in [0.717, 1.165) is 5.57 Å². The Hall–Kier alpha value is -3.90. The van der Waals surface area contributed by atoms with Gasteiger partial charge in [-0.05, 0) is 52.5 Å². The van der Waals surface area contributed by atoms with Gasteiger partial charge in [0.1, 0.15) is 24.4 Å². The lowest BCUT2D eigenvalue weighted by molar-refractivity contribution is -0.339. The maximum atomic E-state index is 14.1. The molecule has 18 atom stereocenters. The summed E-state index contributed by atoms with van der Waals surface area (Å²) in [5, 5.41) is 36.5. The van der Waals surface area contributed by atoms with E-state index in [0.29, 0.717) is 18.4 Å². The number of hydrogen-bond donors (Lipinski definition) is 3. The third-order valence-electron chi connectivity index (χ3n) is 13.4. The summed E-state index contributed by atoms with van der Waals surface area (Å²) in [5.74, 6) is -7.73. The summed E-state index contributed by atoms with van der Waals surface area (Å²) in [6, 6.07) is 0. The third-order valence-corrected chi connectivity index (χ3v) is 13.4. The highest BCUT2D eigenvalue weighted by Crippen LogP contribution is 2.43. The second-order valence-corrected chi connectivity index (χ2v) is 18.8. The predicted molar refractivity (Wildman–Crippen MR) is 248 cm³/mol. The number of carbonyl (C=O) groups excluding carboxylic acids is 4. The van der Waals surface area contributed by atoms with E-state index in [2.05, 4.69) is 0 Å². The van der Waals surface area contributed by atoms with Gasteiger partial charge in [-0.2, -0.15) is 0 Å². The molecule has 380 valence electrons. The number of esters is 4. The summed E-state index contributed by atoms with van der Waals surface area (Å²) >= 11 is 0. The Bertz CT molecular complexity index is 1800. The molecule has 16 nitrogen and oxygen atoms in total. The third kappa shape index (κ3) is 15.8. The number of hydrogen-bond acceptors (Lipinski definition) is 16. The fourth-order valence-electron chi connectivity index (χ4n) is 9.68. The van der Waals surface area contributed by atoms with E-state index >= 15 is 0 Å². The smallest absolute Gasteiger partial charge is 0.373 e. The molecule has 0 saturated carbocycles. The Morgan fingerprint density at radius 2 is 1.60 bits per heavy atom. The standard InChI is InChI=1S/C51H80O16/c1-16-19-39-31(7)43(65-44-25-41(62-35(11)52)49(34(10)61-44)64-37(13)54)26-51(58,67-39)33(9)46(56)32(8)48-40(59-14)21-18-20-27(3)22-30(6)47(63-36(12)53)38(17-2)45(55)29(5)23-28(4)24-42(60-15)50(57)66-48/h16,18-21,23-24,29-34,38-41,43-49,55-56,58H,17,22,25-26H2,1-15H3/b19-16+,21-18+,27-20+,28-23+,42-24-/t29-,30-,31-,32+,33+,34+,38-,39-,40+,41+,43-,44-,45-,46-,47+,48-,49+,51-/m1/s1. The van der Waals surface area contributed by atoms with Crippen molar-refractivity contribution >= 4 is 23.9 Å². The topological polar surface area (TPSA) is 212 Å². The molecule has 0 bridgehead atoms. The Labute approximate surface area is 398 Å². The van der Waals surface area contributed by atoms with E-state index in [9.17, 15) is 34.5 Å². The normalized spacial score (nSPS) is 39.3. The molecule has 0 aromatic carbocycles. The molecule has 3 heterocycles. The van der Waals surface area contributed by atoms with Gasteiger partial charge in [0.2, 0.25) is 5.76 Å². The fourth-order valence-corrected chi connectivity index (χ4v) is 9.68. The molecular weight excluding hydrogens is 869 g/mol. The average molecular weight is 949 g/mol. The minimum Gasteiger partial charge on any atom is -0.490 e. The van der Waals surface area contributed by atoms with Gasteiger partial charge in [0.15, 0.2) is 18.2 Å². The van der Waals surface area contributed by atoms with Gasteiger partial charge in [-0.3, -0.25) is 14.4 Å². The zero-order chi connectivity index (χ0) is 50.5. The molecule has 3 rings (SSSR count). The van der Waals surface area contributed by atoms with Gasteiger partial charge < -0.3 is 58.0 Å². The number of cyclic esters (lactones) is 1. The summed E-state index contributed by atoms with van der Waals surface area (Å²) < 4.78 is 53.7. The van der Waals surface area contributed by atoms with Crippen LogP contribution in [0.1, 0.15) is 116 Å². The molecule has 0 spiro atoms. The Kier molecular flexibility index (Phi) is 22.4. The van der Waals surface area contributed by atoms with Crippen LogP contribution in [0.4, 0.5) is 0 Å². The van der Waals surface area contributed by atoms with Crippen molar-refractivity contribution in [1.29, 1.82) is 0 Å². The maximum Gasteiger partial charge on any atom is 0.373 e. The van der Waals surface area contributed by atoms with Crippen LogP contribution < -0.4 is 0 Å². The van der Waals surface area contributed by atoms with Crippen molar-refractivity contribution in [2.45, 2.75) is 189 Å². The molecule has 0 aromatic heterocycles. The second kappa shape index (κ2) is 26.2. The van der Waals surface area contributed by atoms with E-state index in [4.69, 9.17) is 42.6 Å². The van der Waals surface area contributed by atoms with Crippen molar-refractivity contribution in [1.82, 2.24) is 0 Å². The van der Waals surface area contributed by atoms with E-state index in [1.807, 2.05) is 53.7 Å². The SMILES string of the molecule is C/C=C/[C@H]1O[C@@](O)([C@@H](C)[C@H](O)[C@H](C)[C@H]2OC(=O)/C(OC)=C/C(C)=C/[C@@H](C)[C@@H](O)[C@@H](CC)[C@@H](OC(C)=O)[C@H](C)C/C(C)=C/C=C/[C@@H]2OC)C[C@@H](O[C@@H]2C[C@H](OC(C)=O)[C@@H](OC(C)=O)[C@H](C)O2)[C@@H]1C. The first kappa shape index (κ1) is 57.4. The molecule has 0 aromatic rings. The van der Waals surface area contributed by atoms with Gasteiger partial charge in [-0.25, -0.2) is 4.79 Å². The molecule has 0 radical (unpaired) electrons. The van der Waals surface area contributed by atoms with Crippen molar-refractivity contribution in [2.24, 2.45) is 35.5 Å². The van der Waals surface area contributed by atoms with Crippen molar-refractivity contribution in [3.05, 3.63) is 59.4 Å². The molecule has 3 N–H and O–H groups in total. The van der Waals surface area contributed by atoms with E-state index < -0.39 is 115 Å². The lowest BCUT2D eigenvalue weighted by Gasteiger charge is -2.50. The molecule has 2 saturated heterocycles. The molecule has 0 aliphatic carbocycles. The Balaban J connectivity index is 2.05. The van der Waals surface area contributed by atoms with E-state index in [-0.39, 0.29) is 36.4 Å². The number of rotatable bonds is 13. The average Bonchev–Trinajstić information content (AvgIpc) is 3.24. The van der Waals surface area contributed by atoms with E-state index in [1.54, 1.807) is 52.0 Å². The first-order valence-electron chi connectivity index (χ1n) is 23.6. The molecular formula is C51H80O16. The summed E-state index contributed by atoms with van der Waals surface area (Å²) in [5.41, 5.74) is 1.55. The molecule has 2 fully saturated rings. The monoisotopic (exact) mass is 949 g/mol. The molecule has 3 aliphatic rings. The lowest BCUT2D eigenvalue weighted by atomic mass is 9.77. The van der Waals surface area contributed by atoms with Crippen LogP contribution in [0.3, 0.4) is 0 Å². The predicted octanol–water partition coefficient (Wildman–Crippen LogP) is 6.59. The molecule has 0 amide bonds. The first-order valence-corrected chi connectivity index (χ1v) is 23.6. The number of methoxy groups -OCH3 is 2. The van der Waals surface area contributed by atoms with Crippen LogP contribution in [0.5, 0.6) is 0 Å². The highest BCUT2D eigenvalue weighted by Gasteiger charge is 2.53. The summed E-state index contributed by atoms with van der Waals surface area (Å²) in [6.07, 6.45) is 3.68. The van der Waals surface area contributed by atoms with Gasteiger partial charge in [-0.1, -0.05) is 89.1 Å². The molecule has 67 heavy (non-hydrogen) atoms. The minimum absolute atomic E-state index is 0.0445. The number of carbonyl (C=O) groups is 4. The Morgan fingerprint density at radius 3 is 2.16 bits per heavy atom. The zero-order valence-electron chi connectivity index (χ0n) is 42.3. The van der Waals surface area contributed by atoms with Crippen molar-refractivity contribution < 1.29 is 77.1 Å². The van der Waals surface area contributed by atoms with Crippen molar-refractivity contribution in [3.63, 3.8) is 0 Å². The van der Waals surface area contributed by atoms with Gasteiger partial charge in [0.05, 0.1) is 37.6 Å². The van der Waals surface area contributed by atoms with Crippen LogP contribution >= 0.6 is 0 Å². The zero-order valence-corrected chi connectivity index (χ0v) is 42.3. The summed E-state index contributed by atoms with van der Waals surface area (Å²) in [4.78, 5) is 50.4. The van der Waals surface area contributed by atoms with Crippen LogP contribution in [0, 0.1) is 35.5 Å². The quantitative estimate of drug-likeness (QED) is 0.101.